The van der Waals surface area contributed by atoms with Gasteiger partial charge in [0.1, 0.15) is 0 Å². The number of aromatic nitrogens is 2. The van der Waals surface area contributed by atoms with Crippen molar-refractivity contribution in [3.05, 3.63) is 18.0 Å². The van der Waals surface area contributed by atoms with Gasteiger partial charge in [0.15, 0.2) is 0 Å². The van der Waals surface area contributed by atoms with Crippen LogP contribution in [0, 0.1) is 5.92 Å². The van der Waals surface area contributed by atoms with Crippen LogP contribution in [0.25, 0.3) is 0 Å². The molecular weight excluding hydrogens is 200 g/mol. The van der Waals surface area contributed by atoms with E-state index in [1.165, 1.54) is 12.0 Å². The average Bonchev–Trinajstić information content (AvgIpc) is 2.71. The Labute approximate surface area is 98.2 Å². The van der Waals surface area contributed by atoms with Gasteiger partial charge in [0.05, 0.1) is 6.20 Å². The van der Waals surface area contributed by atoms with Crippen LogP contribution < -0.4 is 11.3 Å². The van der Waals surface area contributed by atoms with Crippen molar-refractivity contribution in [2.75, 3.05) is 0 Å². The van der Waals surface area contributed by atoms with Crippen LogP contribution in [0.3, 0.4) is 0 Å². The van der Waals surface area contributed by atoms with Crippen LogP contribution in [0.15, 0.2) is 12.4 Å². The summed E-state index contributed by atoms with van der Waals surface area (Å²) in [6, 6.07) is 0.358. The van der Waals surface area contributed by atoms with Crippen molar-refractivity contribution >= 4 is 0 Å². The summed E-state index contributed by atoms with van der Waals surface area (Å²) in [6.07, 6.45) is 7.31. The zero-order valence-electron chi connectivity index (χ0n) is 10.6. The third-order valence-corrected chi connectivity index (χ3v) is 2.82. The average molecular weight is 224 g/mol. The Morgan fingerprint density at radius 2 is 2.19 bits per heavy atom. The Morgan fingerprint density at radius 3 is 2.69 bits per heavy atom. The lowest BCUT2D eigenvalue weighted by Crippen LogP contribution is -2.36. The minimum atomic E-state index is 0.358. The largest absolute Gasteiger partial charge is 0.273 e. The van der Waals surface area contributed by atoms with Gasteiger partial charge in [0, 0.05) is 18.8 Å². The molecule has 1 aromatic rings. The van der Waals surface area contributed by atoms with Gasteiger partial charge in [0.2, 0.25) is 0 Å². The van der Waals surface area contributed by atoms with E-state index in [9.17, 15) is 0 Å². The summed E-state index contributed by atoms with van der Waals surface area (Å²) < 4.78 is 1.95. The van der Waals surface area contributed by atoms with Gasteiger partial charge in [-0.1, -0.05) is 13.8 Å². The second kappa shape index (κ2) is 6.66. The fraction of sp³-hybridized carbons (Fsp3) is 0.750. The van der Waals surface area contributed by atoms with Crippen LogP contribution in [-0.4, -0.2) is 15.8 Å². The monoisotopic (exact) mass is 224 g/mol. The van der Waals surface area contributed by atoms with E-state index in [0.29, 0.717) is 6.04 Å². The lowest BCUT2D eigenvalue weighted by Gasteiger charge is -2.15. The number of nitrogens with two attached hydrogens (primary N) is 1. The van der Waals surface area contributed by atoms with Crippen LogP contribution in [-0.2, 0) is 13.0 Å². The molecule has 0 spiro atoms. The predicted octanol–water partition coefficient (Wildman–Crippen LogP) is 1.71. The fourth-order valence-corrected chi connectivity index (χ4v) is 1.75. The van der Waals surface area contributed by atoms with Crippen LogP contribution in [0.1, 0.15) is 39.2 Å². The maximum atomic E-state index is 5.57. The highest BCUT2D eigenvalue weighted by Gasteiger charge is 2.09. The normalized spacial score (nSPS) is 13.3. The van der Waals surface area contributed by atoms with Gasteiger partial charge in [-0.25, -0.2) is 0 Å². The highest BCUT2D eigenvalue weighted by Crippen LogP contribution is 2.10. The molecule has 92 valence electrons. The highest BCUT2D eigenvalue weighted by molar-refractivity contribution is 5.06. The molecule has 0 radical (unpaired) electrons. The molecule has 0 aromatic carbocycles. The molecule has 16 heavy (non-hydrogen) atoms. The number of hydrogen-bond acceptors (Lipinski definition) is 3. The summed E-state index contributed by atoms with van der Waals surface area (Å²) in [6.45, 7) is 7.49. The van der Waals surface area contributed by atoms with Crippen molar-refractivity contribution in [1.82, 2.24) is 15.2 Å². The van der Waals surface area contributed by atoms with Gasteiger partial charge in [0.25, 0.3) is 0 Å². The van der Waals surface area contributed by atoms with E-state index >= 15 is 0 Å². The molecule has 1 rings (SSSR count). The Kier molecular flexibility index (Phi) is 5.49. The molecule has 0 bridgehead atoms. The smallest absolute Gasteiger partial charge is 0.0522 e. The molecule has 0 saturated carbocycles. The first-order valence-electron chi connectivity index (χ1n) is 6.13. The quantitative estimate of drug-likeness (QED) is 0.547. The van der Waals surface area contributed by atoms with E-state index < -0.39 is 0 Å². The number of aryl methyl sites for hydroxylation is 1. The second-order valence-electron chi connectivity index (χ2n) is 4.74. The standard InChI is InChI=1S/C12H24N4/c1-4-16-9-11(8-14-16)7-12(15-13)6-5-10(2)3/h8-10,12,15H,4-7,13H2,1-3H3. The number of nitrogens with one attached hydrogen (secondary N) is 1. The molecule has 0 aliphatic carbocycles. The summed E-state index contributed by atoms with van der Waals surface area (Å²) in [5.74, 6) is 6.30. The minimum absolute atomic E-state index is 0.358. The van der Waals surface area contributed by atoms with E-state index in [2.05, 4.69) is 37.5 Å². The van der Waals surface area contributed by atoms with Gasteiger partial charge >= 0.3 is 0 Å². The number of nitrogens with zero attached hydrogens (tertiary/aromatic N) is 2. The van der Waals surface area contributed by atoms with E-state index in [1.807, 2.05) is 10.9 Å². The molecule has 0 aliphatic heterocycles. The molecule has 3 N–H and O–H groups in total. The molecule has 0 fully saturated rings. The predicted molar refractivity (Wildman–Crippen MR) is 66.8 cm³/mol. The van der Waals surface area contributed by atoms with E-state index in [4.69, 9.17) is 5.84 Å². The highest BCUT2D eigenvalue weighted by atomic mass is 15.3. The molecule has 1 atom stereocenters. The molecule has 1 aromatic heterocycles. The van der Waals surface area contributed by atoms with E-state index in [-0.39, 0.29) is 0 Å². The Bertz CT molecular complexity index is 293. The molecular formula is C12H24N4. The number of rotatable bonds is 7. The zero-order chi connectivity index (χ0) is 12.0. The summed E-state index contributed by atoms with van der Waals surface area (Å²) in [7, 11) is 0. The van der Waals surface area contributed by atoms with Crippen LogP contribution in [0.2, 0.25) is 0 Å². The minimum Gasteiger partial charge on any atom is -0.273 e. The molecule has 4 heteroatoms. The topological polar surface area (TPSA) is 55.9 Å². The van der Waals surface area contributed by atoms with Crippen LogP contribution >= 0.6 is 0 Å². The summed E-state index contributed by atoms with van der Waals surface area (Å²) in [5.41, 5.74) is 4.15. The lowest BCUT2D eigenvalue weighted by molar-refractivity contribution is 0.434. The van der Waals surface area contributed by atoms with Crippen LogP contribution in [0.5, 0.6) is 0 Å². The second-order valence-corrected chi connectivity index (χ2v) is 4.74. The molecule has 4 nitrogen and oxygen atoms in total. The first kappa shape index (κ1) is 13.2. The summed E-state index contributed by atoms with van der Waals surface area (Å²) in [4.78, 5) is 0. The van der Waals surface area contributed by atoms with Gasteiger partial charge in [-0.3, -0.25) is 16.0 Å². The maximum absolute atomic E-state index is 5.57. The Morgan fingerprint density at radius 1 is 1.44 bits per heavy atom. The maximum Gasteiger partial charge on any atom is 0.0522 e. The van der Waals surface area contributed by atoms with Crippen molar-refractivity contribution in [2.45, 2.75) is 52.6 Å². The van der Waals surface area contributed by atoms with E-state index in [0.717, 1.165) is 25.3 Å². The summed E-state index contributed by atoms with van der Waals surface area (Å²) >= 11 is 0. The fourth-order valence-electron chi connectivity index (χ4n) is 1.75. The summed E-state index contributed by atoms with van der Waals surface area (Å²) in [5, 5.41) is 4.27. The van der Waals surface area contributed by atoms with Gasteiger partial charge in [-0.2, -0.15) is 5.10 Å². The zero-order valence-corrected chi connectivity index (χ0v) is 10.6. The SMILES string of the molecule is CCn1cc(CC(CCC(C)C)NN)cn1. The van der Waals surface area contributed by atoms with Gasteiger partial charge in [-0.05, 0) is 37.7 Å². The molecule has 0 aliphatic rings. The molecule has 1 unspecified atom stereocenters. The first-order valence-corrected chi connectivity index (χ1v) is 6.13. The lowest BCUT2D eigenvalue weighted by atomic mass is 10.00. The van der Waals surface area contributed by atoms with Gasteiger partial charge < -0.3 is 0 Å². The molecule has 0 amide bonds. The van der Waals surface area contributed by atoms with Crippen molar-refractivity contribution in [1.29, 1.82) is 0 Å². The molecule has 0 saturated heterocycles. The van der Waals surface area contributed by atoms with Crippen LogP contribution in [0.4, 0.5) is 0 Å². The van der Waals surface area contributed by atoms with Crippen molar-refractivity contribution < 1.29 is 0 Å². The molecule has 1 heterocycles. The Hall–Kier alpha value is -0.870. The van der Waals surface area contributed by atoms with Crippen molar-refractivity contribution in [2.24, 2.45) is 11.8 Å². The third-order valence-electron chi connectivity index (χ3n) is 2.82. The number of hydrogen-bond donors (Lipinski definition) is 2. The van der Waals surface area contributed by atoms with Gasteiger partial charge in [-0.15, -0.1) is 0 Å². The third kappa shape index (κ3) is 4.33. The first-order chi connectivity index (χ1) is 7.65. The number of hydrazine groups is 1. The Balaban J connectivity index is 2.42. The van der Waals surface area contributed by atoms with Crippen molar-refractivity contribution in [3.8, 4) is 0 Å². The van der Waals surface area contributed by atoms with Crippen molar-refractivity contribution in [3.63, 3.8) is 0 Å². The van der Waals surface area contributed by atoms with E-state index in [1.54, 1.807) is 0 Å².